The van der Waals surface area contributed by atoms with Gasteiger partial charge in [-0.3, -0.25) is 48.5 Å². The highest BCUT2D eigenvalue weighted by Gasteiger charge is 2.37. The summed E-state index contributed by atoms with van der Waals surface area (Å²) in [6.45, 7) is 15.8. The van der Waals surface area contributed by atoms with Gasteiger partial charge in [0.2, 0.25) is 47.3 Å². The molecule has 0 aliphatic rings. The Balaban J connectivity index is 3.56. The molecule has 0 fully saturated rings. The minimum absolute atomic E-state index is 0.00941. The smallest absolute Gasteiger partial charge is 0.326 e. The predicted molar refractivity (Wildman–Crippen MR) is 308 cm³/mol. The SMILES string of the molecule is CCC(C)C(NC(=O)C(CC(C)C)NC(=O)C(N)Cc1ccc(C)cc1)C(=O)NC(CCCNC(N)C#N)C(=O)NC(CCSC)C(=O)NC(CCC(=O)O)C(=O)NC(C(=O)NC(CCSC)C(=O)NC(C(=O)O)C(C)C)C(C)C. The number of hydrogen-bond donors (Lipinski definition) is 13. The van der Waals surface area contributed by atoms with Gasteiger partial charge in [0, 0.05) is 6.42 Å². The zero-order valence-corrected chi connectivity index (χ0v) is 49.9. The van der Waals surface area contributed by atoms with Crippen LogP contribution in [0.3, 0.4) is 0 Å². The van der Waals surface area contributed by atoms with Gasteiger partial charge in [-0.25, -0.2) is 4.79 Å². The molecule has 0 aromatic heterocycles. The number of nitrogens with zero attached hydrogens (tertiary/aromatic N) is 1. The molecule has 80 heavy (non-hydrogen) atoms. The Hall–Kier alpha value is -6.01. The van der Waals surface area contributed by atoms with Crippen LogP contribution in [-0.4, -0.2) is 161 Å². The Morgan fingerprint density at radius 3 is 1.45 bits per heavy atom. The second kappa shape index (κ2) is 37.8. The molecule has 0 heterocycles. The number of carbonyl (C=O) groups is 10. The molecule has 0 aliphatic heterocycles. The minimum atomic E-state index is -1.57. The van der Waals surface area contributed by atoms with Gasteiger partial charge in [0.1, 0.15) is 54.5 Å². The number of carboxylic acid groups (broad SMARTS) is 2. The molecular formula is C54H90N12O12S2. The first-order chi connectivity index (χ1) is 37.6. The third kappa shape index (κ3) is 27.0. The van der Waals surface area contributed by atoms with Crippen molar-refractivity contribution >= 4 is 82.7 Å². The van der Waals surface area contributed by atoms with E-state index < -0.39 is 150 Å². The van der Waals surface area contributed by atoms with Gasteiger partial charge in [0.05, 0.1) is 12.1 Å². The maximum atomic E-state index is 14.4. The van der Waals surface area contributed by atoms with Crippen molar-refractivity contribution in [2.24, 2.45) is 35.1 Å². The summed E-state index contributed by atoms with van der Waals surface area (Å²) in [6, 6.07) is -2.01. The largest absolute Gasteiger partial charge is 0.481 e. The number of benzene rings is 1. The van der Waals surface area contributed by atoms with Crippen LogP contribution in [0.25, 0.3) is 0 Å². The van der Waals surface area contributed by atoms with Gasteiger partial charge in [-0.15, -0.1) is 0 Å². The lowest BCUT2D eigenvalue weighted by Crippen LogP contribution is -2.61. The number of amides is 8. The predicted octanol–water partition coefficient (Wildman–Crippen LogP) is 0.781. The van der Waals surface area contributed by atoms with Crippen LogP contribution in [0.1, 0.15) is 118 Å². The lowest BCUT2D eigenvalue weighted by Gasteiger charge is -2.30. The monoisotopic (exact) mass is 1160 g/mol. The zero-order chi connectivity index (χ0) is 60.8. The van der Waals surface area contributed by atoms with Crippen LogP contribution < -0.4 is 59.3 Å². The minimum Gasteiger partial charge on any atom is -0.481 e. The van der Waals surface area contributed by atoms with E-state index in [9.17, 15) is 63.4 Å². The molecule has 0 saturated heterocycles. The van der Waals surface area contributed by atoms with Crippen molar-refractivity contribution in [1.29, 1.82) is 5.26 Å². The van der Waals surface area contributed by atoms with Crippen molar-refractivity contribution in [3.05, 3.63) is 35.4 Å². The van der Waals surface area contributed by atoms with Crippen LogP contribution in [0.15, 0.2) is 24.3 Å². The molecular weight excluding hydrogens is 1070 g/mol. The molecule has 450 valence electrons. The Morgan fingerprint density at radius 2 is 1.00 bits per heavy atom. The van der Waals surface area contributed by atoms with E-state index in [0.717, 1.165) is 11.1 Å². The molecule has 11 unspecified atom stereocenters. The number of carbonyl (C=O) groups excluding carboxylic acids is 8. The van der Waals surface area contributed by atoms with Crippen molar-refractivity contribution < 1.29 is 58.2 Å². The molecule has 0 saturated carbocycles. The van der Waals surface area contributed by atoms with E-state index in [1.165, 1.54) is 23.5 Å². The van der Waals surface area contributed by atoms with Crippen molar-refractivity contribution in [3.8, 4) is 6.07 Å². The highest BCUT2D eigenvalue weighted by atomic mass is 32.2. The summed E-state index contributed by atoms with van der Waals surface area (Å²) in [6.07, 6.45) is 2.47. The zero-order valence-electron chi connectivity index (χ0n) is 48.3. The van der Waals surface area contributed by atoms with Crippen LogP contribution in [0, 0.1) is 41.9 Å². The summed E-state index contributed by atoms with van der Waals surface area (Å²) in [5.41, 5.74) is 13.9. The Labute approximate surface area is 479 Å². The van der Waals surface area contributed by atoms with Gasteiger partial charge < -0.3 is 64.2 Å². The normalized spacial score (nSPS) is 15.4. The highest BCUT2D eigenvalue weighted by Crippen LogP contribution is 2.15. The number of rotatable bonds is 39. The third-order valence-corrected chi connectivity index (χ3v) is 14.4. The van der Waals surface area contributed by atoms with Crippen LogP contribution in [0.4, 0.5) is 0 Å². The molecule has 0 bridgehead atoms. The van der Waals surface area contributed by atoms with E-state index in [2.05, 4.69) is 47.9 Å². The molecule has 0 aliphatic carbocycles. The van der Waals surface area contributed by atoms with Crippen LogP contribution in [0.2, 0.25) is 0 Å². The van der Waals surface area contributed by atoms with Gasteiger partial charge in [-0.05, 0) is 112 Å². The molecule has 1 aromatic carbocycles. The molecule has 1 rings (SSSR count). The summed E-state index contributed by atoms with van der Waals surface area (Å²) in [5.74, 6) is -9.77. The van der Waals surface area contributed by atoms with Gasteiger partial charge in [-0.1, -0.05) is 91.6 Å². The molecule has 11 atom stereocenters. The lowest BCUT2D eigenvalue weighted by atomic mass is 9.96. The van der Waals surface area contributed by atoms with E-state index in [4.69, 9.17) is 11.5 Å². The van der Waals surface area contributed by atoms with Crippen molar-refractivity contribution in [2.75, 3.05) is 30.6 Å². The fraction of sp³-hybridized carbons (Fsp3) is 0.685. The summed E-state index contributed by atoms with van der Waals surface area (Å²) in [4.78, 5) is 136. The number of nitrogens with two attached hydrogens (primary N) is 2. The average molecular weight is 1160 g/mol. The van der Waals surface area contributed by atoms with Crippen molar-refractivity contribution in [1.82, 2.24) is 47.9 Å². The Bertz CT molecular complexity index is 2230. The number of aryl methyl sites for hydroxylation is 1. The first-order valence-corrected chi connectivity index (χ1v) is 29.9. The summed E-state index contributed by atoms with van der Waals surface area (Å²) >= 11 is 2.71. The van der Waals surface area contributed by atoms with Gasteiger partial charge in [-0.2, -0.15) is 28.8 Å². The van der Waals surface area contributed by atoms with Crippen LogP contribution >= 0.6 is 23.5 Å². The highest BCUT2D eigenvalue weighted by molar-refractivity contribution is 7.98. The first kappa shape index (κ1) is 72.0. The maximum absolute atomic E-state index is 14.4. The molecule has 0 radical (unpaired) electrons. The number of hydrogen-bond acceptors (Lipinski definition) is 16. The first-order valence-electron chi connectivity index (χ1n) is 27.2. The standard InChI is InChI=1S/C54H90N12O12S2/c1-12-33(9)45(66-51(74)40(26-29(2)3)63-46(69)35(56)27-34-17-15-32(8)16-18-34)53(76)61-36(14-13-23-58-41(57)28-55)47(70)60-38(21-24-79-10)48(71)59-37(19-20-42(67)68)49(72)64-43(30(4)5)52(75)62-39(22-25-80-11)50(73)65-44(31(6)7)54(77)78/h15-18,29-31,33,35-41,43-45,58H,12-14,19-27,56-57H2,1-11H3,(H,59,71)(H,60,70)(H,61,76)(H,62,75)(H,63,69)(H,64,72)(H,65,73)(H,66,74)(H,67,68)(H,77,78). The van der Waals surface area contributed by atoms with Gasteiger partial charge >= 0.3 is 11.9 Å². The van der Waals surface area contributed by atoms with Crippen molar-refractivity contribution in [2.45, 2.75) is 181 Å². The Kier molecular flexibility index (Phi) is 34.1. The van der Waals surface area contributed by atoms with E-state index in [1.807, 2.05) is 51.1 Å². The number of thioether (sulfide) groups is 2. The number of nitrogens with one attached hydrogen (secondary N) is 9. The topological polar surface area (TPSA) is 395 Å². The number of nitriles is 1. The Morgan fingerprint density at radius 1 is 0.575 bits per heavy atom. The fourth-order valence-electron chi connectivity index (χ4n) is 8.06. The van der Waals surface area contributed by atoms with Gasteiger partial charge in [0.15, 0.2) is 0 Å². The number of carboxylic acids is 2. The van der Waals surface area contributed by atoms with Crippen LogP contribution in [-0.2, 0) is 54.4 Å². The molecule has 0 spiro atoms. The molecule has 1 aromatic rings. The van der Waals surface area contributed by atoms with Crippen molar-refractivity contribution in [3.63, 3.8) is 0 Å². The molecule has 15 N–H and O–H groups in total. The number of aliphatic carboxylic acids is 2. The molecule has 8 amide bonds. The molecule has 24 nitrogen and oxygen atoms in total. The summed E-state index contributed by atoms with van der Waals surface area (Å²) < 4.78 is 0. The van der Waals surface area contributed by atoms with E-state index in [-0.39, 0.29) is 51.0 Å². The van der Waals surface area contributed by atoms with E-state index in [1.54, 1.807) is 54.1 Å². The summed E-state index contributed by atoms with van der Waals surface area (Å²) in [7, 11) is 0. The van der Waals surface area contributed by atoms with E-state index >= 15 is 0 Å². The fourth-order valence-corrected chi connectivity index (χ4v) is 9.00. The molecule has 26 heteroatoms. The van der Waals surface area contributed by atoms with Gasteiger partial charge in [0.25, 0.3) is 0 Å². The quantitative estimate of drug-likeness (QED) is 0.0320. The van der Waals surface area contributed by atoms with Crippen LogP contribution in [0.5, 0.6) is 0 Å². The average Bonchev–Trinajstić information content (AvgIpc) is 3.39. The second-order valence-electron chi connectivity index (χ2n) is 21.1. The lowest BCUT2D eigenvalue weighted by molar-refractivity contribution is -0.143. The second-order valence-corrected chi connectivity index (χ2v) is 23.1. The van der Waals surface area contributed by atoms with E-state index in [0.29, 0.717) is 17.9 Å². The maximum Gasteiger partial charge on any atom is 0.326 e. The summed E-state index contributed by atoms with van der Waals surface area (Å²) in [5, 5.41) is 52.6. The third-order valence-electron chi connectivity index (χ3n) is 13.1.